The Balaban J connectivity index is 2.03. The highest BCUT2D eigenvalue weighted by atomic mass is 14.9. The fraction of sp³-hybridized carbons (Fsp3) is 0.778. The van der Waals surface area contributed by atoms with Gasteiger partial charge in [-0.15, -0.1) is 0 Å². The van der Waals surface area contributed by atoms with Gasteiger partial charge in [0.15, 0.2) is 0 Å². The van der Waals surface area contributed by atoms with Gasteiger partial charge in [0, 0.05) is 18.2 Å². The maximum absolute atomic E-state index is 4.85. The number of hydrogen-bond acceptors (Lipinski definition) is 3. The fourth-order valence-corrected chi connectivity index (χ4v) is 3.32. The first-order valence-electron chi connectivity index (χ1n) is 8.63. The lowest BCUT2D eigenvalue weighted by Crippen LogP contribution is -2.21. The minimum atomic E-state index is 0.576. The molecule has 0 saturated heterocycles. The molecule has 21 heavy (non-hydrogen) atoms. The minimum absolute atomic E-state index is 0.576. The highest BCUT2D eigenvalue weighted by Crippen LogP contribution is 2.36. The summed E-state index contributed by atoms with van der Waals surface area (Å²) in [6.07, 6.45) is 6.56. The molecule has 1 N–H and O–H groups in total. The Labute approximate surface area is 130 Å². The van der Waals surface area contributed by atoms with Crippen LogP contribution in [0.25, 0.3) is 0 Å². The van der Waals surface area contributed by atoms with E-state index < -0.39 is 0 Å². The zero-order valence-electron chi connectivity index (χ0n) is 14.2. The van der Waals surface area contributed by atoms with Gasteiger partial charge < -0.3 is 5.32 Å². The molecule has 1 aliphatic rings. The Kier molecular flexibility index (Phi) is 6.16. The van der Waals surface area contributed by atoms with Gasteiger partial charge in [-0.1, -0.05) is 40.0 Å². The SMILES string of the molecule is CCC1CCCC(c2nc(C)cc(CNCC(C)C)n2)C1. The topological polar surface area (TPSA) is 37.8 Å². The van der Waals surface area contributed by atoms with Crippen LogP contribution >= 0.6 is 0 Å². The van der Waals surface area contributed by atoms with Gasteiger partial charge in [0.2, 0.25) is 0 Å². The molecule has 1 aromatic heterocycles. The number of aromatic nitrogens is 2. The summed E-state index contributed by atoms with van der Waals surface area (Å²) in [4.78, 5) is 9.58. The smallest absolute Gasteiger partial charge is 0.131 e. The first kappa shape index (κ1) is 16.4. The lowest BCUT2D eigenvalue weighted by Gasteiger charge is -2.27. The highest BCUT2D eigenvalue weighted by molar-refractivity contribution is 5.13. The number of hydrogen-bond donors (Lipinski definition) is 1. The first-order valence-corrected chi connectivity index (χ1v) is 8.63. The molecule has 1 saturated carbocycles. The molecule has 1 aromatic rings. The van der Waals surface area contributed by atoms with E-state index in [9.17, 15) is 0 Å². The standard InChI is InChI=1S/C18H31N3/c1-5-15-7-6-8-16(10-15)18-20-14(4)9-17(21-18)12-19-11-13(2)3/h9,13,15-16,19H,5-8,10-12H2,1-4H3. The van der Waals surface area contributed by atoms with Crippen molar-refractivity contribution in [3.05, 3.63) is 23.3 Å². The van der Waals surface area contributed by atoms with Crippen LogP contribution in [-0.4, -0.2) is 16.5 Å². The summed E-state index contributed by atoms with van der Waals surface area (Å²) in [6, 6.07) is 2.12. The molecule has 1 aliphatic carbocycles. The van der Waals surface area contributed by atoms with E-state index in [2.05, 4.69) is 39.1 Å². The van der Waals surface area contributed by atoms with Crippen molar-refractivity contribution in [3.8, 4) is 0 Å². The molecule has 118 valence electrons. The van der Waals surface area contributed by atoms with E-state index in [1.165, 1.54) is 32.1 Å². The second kappa shape index (κ2) is 7.88. The second-order valence-corrected chi connectivity index (χ2v) is 7.02. The predicted molar refractivity (Wildman–Crippen MR) is 88.3 cm³/mol. The third kappa shape index (κ3) is 5.06. The van der Waals surface area contributed by atoms with Crippen LogP contribution in [0.1, 0.15) is 76.0 Å². The van der Waals surface area contributed by atoms with Crippen LogP contribution in [0.4, 0.5) is 0 Å². The number of rotatable bonds is 6. The van der Waals surface area contributed by atoms with Crippen LogP contribution in [0.15, 0.2) is 6.07 Å². The molecule has 2 atom stereocenters. The average Bonchev–Trinajstić information content (AvgIpc) is 2.46. The molecule has 3 nitrogen and oxygen atoms in total. The molecule has 0 radical (unpaired) electrons. The Morgan fingerprint density at radius 1 is 1.29 bits per heavy atom. The summed E-state index contributed by atoms with van der Waals surface area (Å²) < 4.78 is 0. The molecular weight excluding hydrogens is 258 g/mol. The Bertz CT molecular complexity index is 442. The van der Waals surface area contributed by atoms with Crippen molar-refractivity contribution in [2.45, 2.75) is 72.3 Å². The van der Waals surface area contributed by atoms with E-state index in [0.717, 1.165) is 36.2 Å². The average molecular weight is 289 g/mol. The van der Waals surface area contributed by atoms with Crippen molar-refractivity contribution in [1.82, 2.24) is 15.3 Å². The molecule has 3 heteroatoms. The van der Waals surface area contributed by atoms with Crippen molar-refractivity contribution in [2.24, 2.45) is 11.8 Å². The Morgan fingerprint density at radius 2 is 2.10 bits per heavy atom. The Hall–Kier alpha value is -0.960. The van der Waals surface area contributed by atoms with Gasteiger partial charge in [-0.3, -0.25) is 0 Å². The van der Waals surface area contributed by atoms with E-state index in [4.69, 9.17) is 9.97 Å². The number of aryl methyl sites for hydroxylation is 1. The lowest BCUT2D eigenvalue weighted by molar-refractivity contribution is 0.306. The summed E-state index contributed by atoms with van der Waals surface area (Å²) in [7, 11) is 0. The van der Waals surface area contributed by atoms with E-state index in [-0.39, 0.29) is 0 Å². The number of nitrogens with zero attached hydrogens (tertiary/aromatic N) is 2. The molecule has 0 spiro atoms. The van der Waals surface area contributed by atoms with Gasteiger partial charge >= 0.3 is 0 Å². The molecule has 0 aromatic carbocycles. The molecule has 2 unspecified atom stereocenters. The van der Waals surface area contributed by atoms with Gasteiger partial charge in [0.25, 0.3) is 0 Å². The van der Waals surface area contributed by atoms with Gasteiger partial charge in [0.1, 0.15) is 5.82 Å². The van der Waals surface area contributed by atoms with Gasteiger partial charge in [0.05, 0.1) is 5.69 Å². The predicted octanol–water partition coefficient (Wildman–Crippen LogP) is 4.21. The lowest BCUT2D eigenvalue weighted by atomic mass is 9.80. The second-order valence-electron chi connectivity index (χ2n) is 7.02. The quantitative estimate of drug-likeness (QED) is 0.852. The normalized spacial score (nSPS) is 22.7. The van der Waals surface area contributed by atoms with Crippen LogP contribution in [0.2, 0.25) is 0 Å². The summed E-state index contributed by atoms with van der Waals surface area (Å²) >= 11 is 0. The number of nitrogens with one attached hydrogen (secondary N) is 1. The van der Waals surface area contributed by atoms with Crippen LogP contribution in [0.5, 0.6) is 0 Å². The third-order valence-corrected chi connectivity index (χ3v) is 4.51. The van der Waals surface area contributed by atoms with E-state index in [0.29, 0.717) is 11.8 Å². The minimum Gasteiger partial charge on any atom is -0.311 e. The highest BCUT2D eigenvalue weighted by Gasteiger charge is 2.24. The van der Waals surface area contributed by atoms with Gasteiger partial charge in [-0.05, 0) is 44.2 Å². The van der Waals surface area contributed by atoms with E-state index >= 15 is 0 Å². The van der Waals surface area contributed by atoms with Gasteiger partial charge in [-0.25, -0.2) is 9.97 Å². The van der Waals surface area contributed by atoms with Crippen molar-refractivity contribution in [3.63, 3.8) is 0 Å². The maximum Gasteiger partial charge on any atom is 0.131 e. The zero-order valence-corrected chi connectivity index (χ0v) is 14.2. The molecule has 1 fully saturated rings. The van der Waals surface area contributed by atoms with Crippen LogP contribution in [0.3, 0.4) is 0 Å². The monoisotopic (exact) mass is 289 g/mol. The largest absolute Gasteiger partial charge is 0.311 e. The molecule has 0 amide bonds. The summed E-state index contributed by atoms with van der Waals surface area (Å²) in [5.41, 5.74) is 2.26. The molecule has 2 rings (SSSR count). The summed E-state index contributed by atoms with van der Waals surface area (Å²) in [5, 5.41) is 3.49. The Morgan fingerprint density at radius 3 is 2.81 bits per heavy atom. The maximum atomic E-state index is 4.85. The van der Waals surface area contributed by atoms with Crippen molar-refractivity contribution >= 4 is 0 Å². The van der Waals surface area contributed by atoms with Crippen molar-refractivity contribution < 1.29 is 0 Å². The van der Waals surface area contributed by atoms with E-state index in [1.807, 2.05) is 0 Å². The summed E-state index contributed by atoms with van der Waals surface area (Å²) in [5.74, 6) is 3.22. The van der Waals surface area contributed by atoms with Gasteiger partial charge in [-0.2, -0.15) is 0 Å². The summed E-state index contributed by atoms with van der Waals surface area (Å²) in [6.45, 7) is 10.8. The van der Waals surface area contributed by atoms with Crippen LogP contribution in [-0.2, 0) is 6.54 Å². The van der Waals surface area contributed by atoms with Crippen molar-refractivity contribution in [1.29, 1.82) is 0 Å². The molecule has 0 aliphatic heterocycles. The van der Waals surface area contributed by atoms with Crippen LogP contribution in [0, 0.1) is 18.8 Å². The third-order valence-electron chi connectivity index (χ3n) is 4.51. The van der Waals surface area contributed by atoms with Crippen LogP contribution < -0.4 is 5.32 Å². The molecule has 1 heterocycles. The molecular formula is C18H31N3. The van der Waals surface area contributed by atoms with Crippen molar-refractivity contribution in [2.75, 3.05) is 6.54 Å². The zero-order chi connectivity index (χ0) is 15.2. The van der Waals surface area contributed by atoms with E-state index in [1.54, 1.807) is 0 Å². The first-order chi connectivity index (χ1) is 10.1. The molecule has 0 bridgehead atoms. The fourth-order valence-electron chi connectivity index (χ4n) is 3.32.